The third-order valence-corrected chi connectivity index (χ3v) is 5.43. The Bertz CT molecular complexity index is 233. The summed E-state index contributed by atoms with van der Waals surface area (Å²) in [6.07, 6.45) is 9.12. The lowest BCUT2D eigenvalue weighted by molar-refractivity contribution is -0.0555. The average molecular weight is 239 g/mol. The van der Waals surface area contributed by atoms with Crippen LogP contribution >= 0.6 is 0 Å². The molecule has 2 fully saturated rings. The van der Waals surface area contributed by atoms with Crippen LogP contribution < -0.4 is 0 Å². The topological polar surface area (TPSA) is 23.5 Å². The molecule has 0 spiro atoms. The third kappa shape index (κ3) is 2.68. The van der Waals surface area contributed by atoms with Crippen LogP contribution in [0.1, 0.15) is 58.8 Å². The summed E-state index contributed by atoms with van der Waals surface area (Å²) in [5.74, 6) is 0. The fourth-order valence-electron chi connectivity index (χ4n) is 3.85. The summed E-state index contributed by atoms with van der Waals surface area (Å²) in [6, 6.07) is 0. The van der Waals surface area contributed by atoms with Gasteiger partial charge in [0.15, 0.2) is 0 Å². The Morgan fingerprint density at radius 2 is 1.53 bits per heavy atom. The molecule has 2 heteroatoms. The van der Waals surface area contributed by atoms with Crippen LogP contribution in [0, 0.1) is 10.8 Å². The monoisotopic (exact) mass is 239 g/mol. The van der Waals surface area contributed by atoms with E-state index in [0.717, 1.165) is 6.54 Å². The van der Waals surface area contributed by atoms with E-state index in [-0.39, 0.29) is 5.41 Å². The normalized spacial score (nSPS) is 27.7. The predicted molar refractivity (Wildman–Crippen MR) is 72.1 cm³/mol. The number of hydrogen-bond acceptors (Lipinski definition) is 2. The molecule has 0 aromatic rings. The molecule has 0 aromatic heterocycles. The largest absolute Gasteiger partial charge is 0.396 e. The van der Waals surface area contributed by atoms with E-state index in [1.54, 1.807) is 0 Å². The van der Waals surface area contributed by atoms with Gasteiger partial charge in [0.25, 0.3) is 0 Å². The van der Waals surface area contributed by atoms with Crippen molar-refractivity contribution in [2.75, 3.05) is 26.2 Å². The van der Waals surface area contributed by atoms with Crippen LogP contribution in [0.5, 0.6) is 0 Å². The lowest BCUT2D eigenvalue weighted by Gasteiger charge is -2.53. The van der Waals surface area contributed by atoms with Crippen LogP contribution in [0.4, 0.5) is 0 Å². The van der Waals surface area contributed by atoms with E-state index in [0.29, 0.717) is 12.0 Å². The molecule has 2 rings (SSSR count). The van der Waals surface area contributed by atoms with Gasteiger partial charge in [0.05, 0.1) is 0 Å². The van der Waals surface area contributed by atoms with Crippen molar-refractivity contribution in [3.8, 4) is 0 Å². The highest BCUT2D eigenvalue weighted by molar-refractivity contribution is 4.96. The van der Waals surface area contributed by atoms with Crippen molar-refractivity contribution in [3.63, 3.8) is 0 Å². The van der Waals surface area contributed by atoms with E-state index < -0.39 is 0 Å². The molecule has 2 nitrogen and oxygen atoms in total. The maximum atomic E-state index is 9.73. The Kier molecular flexibility index (Phi) is 4.14. The zero-order chi connectivity index (χ0) is 12.4. The average Bonchev–Trinajstić information content (AvgIpc) is 2.34. The number of aliphatic hydroxyl groups excluding tert-OH is 1. The van der Waals surface area contributed by atoms with Gasteiger partial charge >= 0.3 is 0 Å². The Labute approximate surface area is 106 Å². The first-order valence-electron chi connectivity index (χ1n) is 7.51. The predicted octanol–water partition coefficient (Wildman–Crippen LogP) is 3.05. The van der Waals surface area contributed by atoms with Gasteiger partial charge in [-0.2, -0.15) is 0 Å². The van der Waals surface area contributed by atoms with Crippen molar-refractivity contribution in [1.29, 1.82) is 0 Å². The Hall–Kier alpha value is -0.0800. The van der Waals surface area contributed by atoms with Gasteiger partial charge in [0, 0.05) is 31.7 Å². The number of rotatable bonds is 5. The van der Waals surface area contributed by atoms with Gasteiger partial charge in [-0.1, -0.05) is 33.1 Å². The van der Waals surface area contributed by atoms with Gasteiger partial charge < -0.3 is 10.0 Å². The first kappa shape index (κ1) is 13.4. The summed E-state index contributed by atoms with van der Waals surface area (Å²) >= 11 is 0. The second-order valence-electron chi connectivity index (χ2n) is 6.57. The van der Waals surface area contributed by atoms with Crippen molar-refractivity contribution in [1.82, 2.24) is 4.90 Å². The lowest BCUT2D eigenvalue weighted by Crippen LogP contribution is -2.59. The standard InChI is InChI=1S/C15H29NO/c1-3-14(4-2)10-16(11-14)12-15(13-17)8-6-5-7-9-15/h17H,3-13H2,1-2H3. The molecule has 0 unspecified atom stereocenters. The summed E-state index contributed by atoms with van der Waals surface area (Å²) in [5, 5.41) is 9.73. The van der Waals surface area contributed by atoms with Crippen LogP contribution in [-0.4, -0.2) is 36.2 Å². The molecule has 0 radical (unpaired) electrons. The van der Waals surface area contributed by atoms with Crippen molar-refractivity contribution < 1.29 is 5.11 Å². The zero-order valence-electron chi connectivity index (χ0n) is 11.7. The fraction of sp³-hybridized carbons (Fsp3) is 1.00. The maximum Gasteiger partial charge on any atom is 0.0499 e. The number of aliphatic hydroxyl groups is 1. The van der Waals surface area contributed by atoms with Crippen LogP contribution in [-0.2, 0) is 0 Å². The summed E-state index contributed by atoms with van der Waals surface area (Å²) in [5.41, 5.74) is 0.844. The first-order valence-corrected chi connectivity index (χ1v) is 7.51. The van der Waals surface area contributed by atoms with Gasteiger partial charge in [-0.3, -0.25) is 0 Å². The quantitative estimate of drug-likeness (QED) is 0.797. The van der Waals surface area contributed by atoms with Crippen LogP contribution in [0.15, 0.2) is 0 Å². The molecule has 0 aromatic carbocycles. The van der Waals surface area contributed by atoms with E-state index >= 15 is 0 Å². The van der Waals surface area contributed by atoms with Crippen LogP contribution in [0.25, 0.3) is 0 Å². The first-order chi connectivity index (χ1) is 8.17. The second kappa shape index (κ2) is 5.27. The van der Waals surface area contributed by atoms with E-state index in [1.807, 2.05) is 0 Å². The smallest absolute Gasteiger partial charge is 0.0499 e. The molecule has 1 N–H and O–H groups in total. The number of hydrogen-bond donors (Lipinski definition) is 1. The Balaban J connectivity index is 1.85. The van der Waals surface area contributed by atoms with Gasteiger partial charge in [0.1, 0.15) is 0 Å². The van der Waals surface area contributed by atoms with E-state index in [2.05, 4.69) is 18.7 Å². The molecule has 1 saturated heterocycles. The summed E-state index contributed by atoms with van der Waals surface area (Å²) < 4.78 is 0. The zero-order valence-corrected chi connectivity index (χ0v) is 11.7. The van der Waals surface area contributed by atoms with Crippen molar-refractivity contribution in [3.05, 3.63) is 0 Å². The Morgan fingerprint density at radius 3 is 2.00 bits per heavy atom. The molecular weight excluding hydrogens is 210 g/mol. The third-order valence-electron chi connectivity index (χ3n) is 5.43. The minimum absolute atomic E-state index is 0.242. The minimum Gasteiger partial charge on any atom is -0.396 e. The molecule has 0 atom stereocenters. The van der Waals surface area contributed by atoms with Crippen molar-refractivity contribution in [2.24, 2.45) is 10.8 Å². The molecule has 1 heterocycles. The van der Waals surface area contributed by atoms with Gasteiger partial charge in [-0.05, 0) is 31.1 Å². The molecule has 1 saturated carbocycles. The second-order valence-corrected chi connectivity index (χ2v) is 6.57. The lowest BCUT2D eigenvalue weighted by atomic mass is 9.70. The van der Waals surface area contributed by atoms with Crippen molar-refractivity contribution >= 4 is 0 Å². The van der Waals surface area contributed by atoms with Gasteiger partial charge in [0.2, 0.25) is 0 Å². The molecule has 2 aliphatic rings. The Morgan fingerprint density at radius 1 is 0.941 bits per heavy atom. The minimum atomic E-state index is 0.242. The number of nitrogens with zero attached hydrogens (tertiary/aromatic N) is 1. The molecule has 17 heavy (non-hydrogen) atoms. The highest BCUT2D eigenvalue weighted by atomic mass is 16.3. The molecular formula is C15H29NO. The maximum absolute atomic E-state index is 9.73. The van der Waals surface area contributed by atoms with Gasteiger partial charge in [-0.25, -0.2) is 0 Å². The number of likely N-dealkylation sites (tertiary alicyclic amines) is 1. The van der Waals surface area contributed by atoms with Crippen LogP contribution in [0.3, 0.4) is 0 Å². The van der Waals surface area contributed by atoms with E-state index in [1.165, 1.54) is 58.0 Å². The van der Waals surface area contributed by atoms with Gasteiger partial charge in [-0.15, -0.1) is 0 Å². The van der Waals surface area contributed by atoms with E-state index in [4.69, 9.17) is 0 Å². The molecule has 1 aliphatic heterocycles. The highest BCUT2D eigenvalue weighted by Crippen LogP contribution is 2.42. The fourth-order valence-corrected chi connectivity index (χ4v) is 3.85. The van der Waals surface area contributed by atoms with Crippen LogP contribution in [0.2, 0.25) is 0 Å². The summed E-state index contributed by atoms with van der Waals surface area (Å²) in [7, 11) is 0. The highest BCUT2D eigenvalue weighted by Gasteiger charge is 2.43. The summed E-state index contributed by atoms with van der Waals surface area (Å²) in [4.78, 5) is 2.59. The molecule has 1 aliphatic carbocycles. The van der Waals surface area contributed by atoms with Crippen molar-refractivity contribution in [2.45, 2.75) is 58.8 Å². The molecule has 0 bridgehead atoms. The molecule has 100 valence electrons. The summed E-state index contributed by atoms with van der Waals surface area (Å²) in [6.45, 7) is 8.72. The molecule has 0 amide bonds. The van der Waals surface area contributed by atoms with E-state index in [9.17, 15) is 5.11 Å². The SMILES string of the molecule is CCC1(CC)CN(CC2(CO)CCCCC2)C1.